The van der Waals surface area contributed by atoms with Gasteiger partial charge >= 0.3 is 0 Å². The molecule has 2 aromatic carbocycles. The first kappa shape index (κ1) is 10.3. The molecule has 0 fully saturated rings. The molecular weight excluding hydrogens is 208 g/mol. The lowest BCUT2D eigenvalue weighted by atomic mass is 9.87. The van der Waals surface area contributed by atoms with E-state index in [-0.39, 0.29) is 5.78 Å². The molecule has 0 atom stereocenters. The Morgan fingerprint density at radius 1 is 1.29 bits per heavy atom. The summed E-state index contributed by atoms with van der Waals surface area (Å²) in [5.41, 5.74) is 4.50. The number of hydrogen-bond acceptors (Lipinski definition) is 1. The van der Waals surface area contributed by atoms with Crippen LogP contribution in [0.2, 0.25) is 0 Å². The molecule has 0 bridgehead atoms. The van der Waals surface area contributed by atoms with Crippen LogP contribution in [0.5, 0.6) is 0 Å². The fourth-order valence-electron chi connectivity index (χ4n) is 2.72. The molecule has 0 radical (unpaired) electrons. The first-order valence-electron chi connectivity index (χ1n) is 5.91. The first-order chi connectivity index (χ1) is 8.18. The Hall–Kier alpha value is -1.89. The molecule has 0 amide bonds. The largest absolute Gasteiger partial charge is 0.295 e. The van der Waals surface area contributed by atoms with E-state index in [9.17, 15) is 4.79 Å². The molecule has 0 aliphatic heterocycles. The summed E-state index contributed by atoms with van der Waals surface area (Å²) in [6.45, 7) is 3.68. The summed E-state index contributed by atoms with van der Waals surface area (Å²) in [7, 11) is 0. The Balaban J connectivity index is 2.49. The number of Topliss-reactive ketones (excluding diaryl/α,β-unsaturated/α-hetero) is 1. The number of rotatable bonds is 1. The van der Waals surface area contributed by atoms with E-state index in [0.29, 0.717) is 0 Å². The summed E-state index contributed by atoms with van der Waals surface area (Å²) in [5, 5.41) is 2.53. The molecule has 1 aliphatic rings. The second kappa shape index (κ2) is 3.56. The van der Waals surface area contributed by atoms with E-state index >= 15 is 0 Å². The molecule has 0 spiro atoms. The summed E-state index contributed by atoms with van der Waals surface area (Å²) in [6, 6.07) is 8.37. The standard InChI is InChI=1S/C16H14O/c1-10-14-8-4-6-12-5-3-7-13(16(12)14)9-15(10)11(2)17/h3-6,8-9H,7H2,1-2H3. The van der Waals surface area contributed by atoms with E-state index in [1.54, 1.807) is 6.92 Å². The number of benzene rings is 2. The van der Waals surface area contributed by atoms with Crippen molar-refractivity contribution in [1.82, 2.24) is 0 Å². The van der Waals surface area contributed by atoms with Gasteiger partial charge in [0.1, 0.15) is 0 Å². The second-order valence-corrected chi connectivity index (χ2v) is 4.64. The van der Waals surface area contributed by atoms with Crippen molar-refractivity contribution in [2.45, 2.75) is 20.3 Å². The minimum absolute atomic E-state index is 0.153. The highest BCUT2D eigenvalue weighted by atomic mass is 16.1. The molecule has 0 saturated heterocycles. The van der Waals surface area contributed by atoms with Gasteiger partial charge in [-0.3, -0.25) is 4.79 Å². The van der Waals surface area contributed by atoms with Crippen molar-refractivity contribution in [3.8, 4) is 0 Å². The highest BCUT2D eigenvalue weighted by molar-refractivity contribution is 6.05. The molecule has 1 aliphatic carbocycles. The maximum atomic E-state index is 11.7. The number of carbonyl (C=O) groups excluding carboxylic acids is 1. The Kier molecular flexibility index (Phi) is 2.15. The van der Waals surface area contributed by atoms with Gasteiger partial charge in [-0.1, -0.05) is 30.4 Å². The quantitative estimate of drug-likeness (QED) is 0.668. The number of ketones is 1. The van der Waals surface area contributed by atoms with Crippen LogP contribution >= 0.6 is 0 Å². The summed E-state index contributed by atoms with van der Waals surface area (Å²) >= 11 is 0. The van der Waals surface area contributed by atoms with Crippen LogP contribution in [-0.2, 0) is 6.42 Å². The molecule has 0 unspecified atom stereocenters. The van der Waals surface area contributed by atoms with Crippen LogP contribution in [0.4, 0.5) is 0 Å². The third-order valence-electron chi connectivity index (χ3n) is 3.56. The lowest BCUT2D eigenvalue weighted by Crippen LogP contribution is -2.02. The van der Waals surface area contributed by atoms with Gasteiger partial charge in [-0.15, -0.1) is 0 Å². The number of carbonyl (C=O) groups is 1. The van der Waals surface area contributed by atoms with Crippen LogP contribution < -0.4 is 0 Å². The molecule has 2 aromatic rings. The van der Waals surface area contributed by atoms with E-state index < -0.39 is 0 Å². The predicted molar refractivity (Wildman–Crippen MR) is 71.4 cm³/mol. The average molecular weight is 222 g/mol. The van der Waals surface area contributed by atoms with E-state index in [1.807, 2.05) is 6.92 Å². The van der Waals surface area contributed by atoms with E-state index in [1.165, 1.54) is 21.9 Å². The van der Waals surface area contributed by atoms with Gasteiger partial charge in [0.05, 0.1) is 0 Å². The number of allylic oxidation sites excluding steroid dienone is 1. The van der Waals surface area contributed by atoms with Gasteiger partial charge in [-0.25, -0.2) is 0 Å². The van der Waals surface area contributed by atoms with Gasteiger partial charge in [0.25, 0.3) is 0 Å². The molecule has 0 saturated carbocycles. The zero-order valence-electron chi connectivity index (χ0n) is 10.1. The number of hydrogen-bond donors (Lipinski definition) is 0. The number of aryl methyl sites for hydroxylation is 1. The van der Waals surface area contributed by atoms with Crippen LogP contribution in [0, 0.1) is 6.92 Å². The highest BCUT2D eigenvalue weighted by Crippen LogP contribution is 2.32. The van der Waals surface area contributed by atoms with Gasteiger partial charge in [-0.2, -0.15) is 0 Å². The minimum atomic E-state index is 0.153. The molecule has 0 heterocycles. The average Bonchev–Trinajstić information content (AvgIpc) is 2.33. The lowest BCUT2D eigenvalue weighted by Gasteiger charge is -2.16. The topological polar surface area (TPSA) is 17.1 Å². The Morgan fingerprint density at radius 3 is 2.88 bits per heavy atom. The van der Waals surface area contributed by atoms with E-state index in [0.717, 1.165) is 17.5 Å². The van der Waals surface area contributed by atoms with E-state index in [4.69, 9.17) is 0 Å². The van der Waals surface area contributed by atoms with Gasteiger partial charge in [-0.05, 0) is 53.8 Å². The minimum Gasteiger partial charge on any atom is -0.295 e. The lowest BCUT2D eigenvalue weighted by molar-refractivity contribution is 0.101. The molecule has 0 N–H and O–H groups in total. The second-order valence-electron chi connectivity index (χ2n) is 4.64. The fourth-order valence-corrected chi connectivity index (χ4v) is 2.72. The SMILES string of the molecule is CC(=O)c1cc2c3c(cccc3c1C)C=CC2. The van der Waals surface area contributed by atoms with Crippen LogP contribution in [0.1, 0.15) is 34.0 Å². The van der Waals surface area contributed by atoms with Crippen LogP contribution in [0.15, 0.2) is 30.3 Å². The first-order valence-corrected chi connectivity index (χ1v) is 5.91. The normalized spacial score (nSPS) is 13.1. The summed E-state index contributed by atoms with van der Waals surface area (Å²) in [5.74, 6) is 0.153. The molecule has 17 heavy (non-hydrogen) atoms. The molecular formula is C16H14O. The summed E-state index contributed by atoms with van der Waals surface area (Å²) in [6.07, 6.45) is 5.26. The summed E-state index contributed by atoms with van der Waals surface area (Å²) < 4.78 is 0. The zero-order chi connectivity index (χ0) is 12.0. The maximum absolute atomic E-state index is 11.7. The van der Waals surface area contributed by atoms with Crippen LogP contribution in [0.25, 0.3) is 16.8 Å². The molecule has 84 valence electrons. The van der Waals surface area contributed by atoms with Crippen molar-refractivity contribution in [2.24, 2.45) is 0 Å². The third-order valence-corrected chi connectivity index (χ3v) is 3.56. The van der Waals surface area contributed by atoms with Crippen LogP contribution in [-0.4, -0.2) is 5.78 Å². The highest BCUT2D eigenvalue weighted by Gasteiger charge is 2.14. The summed E-state index contributed by atoms with van der Waals surface area (Å²) in [4.78, 5) is 11.7. The van der Waals surface area contributed by atoms with Crippen molar-refractivity contribution in [3.63, 3.8) is 0 Å². The van der Waals surface area contributed by atoms with Gasteiger partial charge in [0.15, 0.2) is 5.78 Å². The van der Waals surface area contributed by atoms with Crippen molar-refractivity contribution in [2.75, 3.05) is 0 Å². The van der Waals surface area contributed by atoms with Crippen molar-refractivity contribution >= 4 is 22.6 Å². The van der Waals surface area contributed by atoms with E-state index in [2.05, 4.69) is 36.4 Å². The predicted octanol–water partition coefficient (Wildman–Crippen LogP) is 3.92. The van der Waals surface area contributed by atoms with Gasteiger partial charge in [0.2, 0.25) is 0 Å². The van der Waals surface area contributed by atoms with Crippen LogP contribution in [0.3, 0.4) is 0 Å². The molecule has 3 rings (SSSR count). The fraction of sp³-hybridized carbons (Fsp3) is 0.188. The molecule has 1 heteroatoms. The molecule has 0 aromatic heterocycles. The Labute approximate surface area is 101 Å². The van der Waals surface area contributed by atoms with Gasteiger partial charge in [0, 0.05) is 5.56 Å². The maximum Gasteiger partial charge on any atom is 0.160 e. The van der Waals surface area contributed by atoms with Crippen molar-refractivity contribution < 1.29 is 4.79 Å². The van der Waals surface area contributed by atoms with Crippen molar-refractivity contribution in [3.05, 3.63) is 52.6 Å². The molecule has 1 nitrogen and oxygen atoms in total. The third kappa shape index (κ3) is 1.42. The Bertz CT molecular complexity index is 663. The van der Waals surface area contributed by atoms with Crippen molar-refractivity contribution in [1.29, 1.82) is 0 Å². The monoisotopic (exact) mass is 222 g/mol. The smallest absolute Gasteiger partial charge is 0.160 e. The Morgan fingerprint density at radius 2 is 2.12 bits per heavy atom. The zero-order valence-corrected chi connectivity index (χ0v) is 10.1. The van der Waals surface area contributed by atoms with Gasteiger partial charge < -0.3 is 0 Å².